The number of piperidine rings is 2. The Labute approximate surface area is 205 Å². The molecule has 6 nitrogen and oxygen atoms in total. The molecule has 1 N–H and O–H groups in total. The highest BCUT2D eigenvalue weighted by atomic mass is 16.4. The molecule has 0 unspecified atom stereocenters. The lowest BCUT2D eigenvalue weighted by Crippen LogP contribution is -2.42. The number of carbonyl (C=O) groups is 1. The van der Waals surface area contributed by atoms with Gasteiger partial charge in [-0.25, -0.2) is 4.98 Å². The Bertz CT molecular complexity index is 938. The SMILES string of the molecule is Cc1ccccc1-c1nc(CN2CCC(C(=O)NCCCN3C[C@H](C)C[C@@H](C)C3)CC2)c(C)o1. The fourth-order valence-electron chi connectivity index (χ4n) is 5.70. The standard InChI is InChI=1S/C28H42N4O2/c1-20-16-21(2)18-32(17-20)13-7-12-29-27(33)24-10-14-31(15-11-24)19-26-23(4)34-28(30-26)25-9-6-5-8-22(25)3/h5-6,8-9,20-21,24H,7,10-19H2,1-4H3,(H,29,33)/t20-,21-/m1/s1. The van der Waals surface area contributed by atoms with Gasteiger partial charge < -0.3 is 14.6 Å². The largest absolute Gasteiger partial charge is 0.441 e. The number of likely N-dealkylation sites (tertiary alicyclic amines) is 2. The van der Waals surface area contributed by atoms with Crippen molar-refractivity contribution in [3.05, 3.63) is 41.3 Å². The molecule has 186 valence electrons. The zero-order valence-corrected chi connectivity index (χ0v) is 21.5. The Balaban J connectivity index is 1.18. The van der Waals surface area contributed by atoms with Crippen molar-refractivity contribution >= 4 is 5.91 Å². The topological polar surface area (TPSA) is 61.6 Å². The molecule has 3 heterocycles. The molecule has 4 rings (SSSR count). The highest BCUT2D eigenvalue weighted by Gasteiger charge is 2.26. The molecule has 2 aliphatic rings. The van der Waals surface area contributed by atoms with E-state index >= 15 is 0 Å². The van der Waals surface area contributed by atoms with Crippen molar-refractivity contribution in [3.63, 3.8) is 0 Å². The number of nitrogens with zero attached hydrogens (tertiary/aromatic N) is 3. The van der Waals surface area contributed by atoms with Crippen LogP contribution in [0.5, 0.6) is 0 Å². The molecular weight excluding hydrogens is 424 g/mol. The lowest BCUT2D eigenvalue weighted by molar-refractivity contribution is -0.126. The van der Waals surface area contributed by atoms with Crippen LogP contribution in [0.2, 0.25) is 0 Å². The van der Waals surface area contributed by atoms with Gasteiger partial charge in [0, 0.05) is 37.7 Å². The van der Waals surface area contributed by atoms with Gasteiger partial charge in [0.1, 0.15) is 5.76 Å². The van der Waals surface area contributed by atoms with Gasteiger partial charge in [-0.2, -0.15) is 0 Å². The number of rotatable bonds is 8. The van der Waals surface area contributed by atoms with Crippen LogP contribution in [0, 0.1) is 31.6 Å². The predicted molar refractivity (Wildman–Crippen MR) is 136 cm³/mol. The monoisotopic (exact) mass is 466 g/mol. The molecule has 2 aromatic rings. The summed E-state index contributed by atoms with van der Waals surface area (Å²) < 4.78 is 5.99. The van der Waals surface area contributed by atoms with Crippen LogP contribution in [0.4, 0.5) is 0 Å². The van der Waals surface area contributed by atoms with Crippen LogP contribution >= 0.6 is 0 Å². The van der Waals surface area contributed by atoms with Crippen molar-refractivity contribution in [1.82, 2.24) is 20.1 Å². The predicted octanol–water partition coefficient (Wildman–Crippen LogP) is 4.65. The third-order valence-electron chi connectivity index (χ3n) is 7.49. The highest BCUT2D eigenvalue weighted by Crippen LogP contribution is 2.26. The fraction of sp³-hybridized carbons (Fsp3) is 0.643. The quantitative estimate of drug-likeness (QED) is 0.574. The van der Waals surface area contributed by atoms with E-state index in [1.807, 2.05) is 19.1 Å². The van der Waals surface area contributed by atoms with Crippen LogP contribution in [-0.4, -0.2) is 60.0 Å². The molecular formula is C28H42N4O2. The minimum atomic E-state index is 0.132. The van der Waals surface area contributed by atoms with E-state index in [9.17, 15) is 4.79 Å². The zero-order valence-electron chi connectivity index (χ0n) is 21.5. The first-order valence-electron chi connectivity index (χ1n) is 13.1. The lowest BCUT2D eigenvalue weighted by Gasteiger charge is -2.35. The van der Waals surface area contributed by atoms with Gasteiger partial charge >= 0.3 is 0 Å². The van der Waals surface area contributed by atoms with Crippen molar-refractivity contribution < 1.29 is 9.21 Å². The van der Waals surface area contributed by atoms with Gasteiger partial charge in [-0.1, -0.05) is 32.0 Å². The number of amides is 1. The van der Waals surface area contributed by atoms with E-state index in [1.54, 1.807) is 0 Å². The van der Waals surface area contributed by atoms with E-state index in [0.29, 0.717) is 5.89 Å². The zero-order chi connectivity index (χ0) is 24.1. The molecule has 0 spiro atoms. The fourth-order valence-corrected chi connectivity index (χ4v) is 5.70. The molecule has 1 amide bonds. The van der Waals surface area contributed by atoms with Crippen molar-refractivity contribution in [1.29, 1.82) is 0 Å². The summed E-state index contributed by atoms with van der Waals surface area (Å²) in [5.74, 6) is 3.54. The first kappa shape index (κ1) is 24.9. The second kappa shape index (κ2) is 11.5. The Hall–Kier alpha value is -2.18. The maximum absolute atomic E-state index is 12.7. The molecule has 0 bridgehead atoms. The molecule has 0 radical (unpaired) electrons. The van der Waals surface area contributed by atoms with Crippen LogP contribution in [0.1, 0.15) is 56.5 Å². The smallest absolute Gasteiger partial charge is 0.226 e. The van der Waals surface area contributed by atoms with Gasteiger partial charge in [0.25, 0.3) is 0 Å². The number of carbonyl (C=O) groups excluding carboxylic acids is 1. The number of oxazole rings is 1. The first-order valence-corrected chi connectivity index (χ1v) is 13.1. The summed E-state index contributed by atoms with van der Waals surface area (Å²) in [7, 11) is 0. The second-order valence-electron chi connectivity index (χ2n) is 10.7. The highest BCUT2D eigenvalue weighted by molar-refractivity contribution is 5.78. The van der Waals surface area contributed by atoms with Gasteiger partial charge in [-0.3, -0.25) is 9.69 Å². The lowest BCUT2D eigenvalue weighted by atomic mass is 9.92. The van der Waals surface area contributed by atoms with Crippen LogP contribution in [0.3, 0.4) is 0 Å². The summed E-state index contributed by atoms with van der Waals surface area (Å²) in [4.78, 5) is 22.5. The first-order chi connectivity index (χ1) is 16.4. The number of hydrogen-bond donors (Lipinski definition) is 1. The van der Waals surface area contributed by atoms with Gasteiger partial charge in [0.15, 0.2) is 0 Å². The van der Waals surface area contributed by atoms with Crippen LogP contribution in [0.15, 0.2) is 28.7 Å². The van der Waals surface area contributed by atoms with Gasteiger partial charge in [-0.05, 0) is 82.6 Å². The van der Waals surface area contributed by atoms with E-state index in [2.05, 4.69) is 48.0 Å². The Kier molecular flexibility index (Phi) is 8.43. The normalized spacial score (nSPS) is 22.7. The summed E-state index contributed by atoms with van der Waals surface area (Å²) in [6, 6.07) is 8.19. The minimum absolute atomic E-state index is 0.132. The second-order valence-corrected chi connectivity index (χ2v) is 10.7. The van der Waals surface area contributed by atoms with Crippen molar-refractivity contribution in [2.45, 2.75) is 59.9 Å². The van der Waals surface area contributed by atoms with E-state index < -0.39 is 0 Å². The third-order valence-corrected chi connectivity index (χ3v) is 7.49. The average Bonchev–Trinajstić information content (AvgIpc) is 3.16. The summed E-state index contributed by atoms with van der Waals surface area (Å²) in [5, 5.41) is 3.20. The number of benzene rings is 1. The number of aryl methyl sites for hydroxylation is 2. The Morgan fingerprint density at radius 3 is 2.50 bits per heavy atom. The summed E-state index contributed by atoms with van der Waals surface area (Å²) in [6.45, 7) is 15.7. The van der Waals surface area contributed by atoms with Crippen LogP contribution < -0.4 is 5.32 Å². The number of hydrogen-bond acceptors (Lipinski definition) is 5. The van der Waals surface area contributed by atoms with Gasteiger partial charge in [0.05, 0.1) is 5.69 Å². The minimum Gasteiger partial charge on any atom is -0.441 e. The average molecular weight is 467 g/mol. The summed E-state index contributed by atoms with van der Waals surface area (Å²) in [6.07, 6.45) is 4.21. The number of aromatic nitrogens is 1. The molecule has 0 saturated carbocycles. The maximum atomic E-state index is 12.7. The molecule has 2 aliphatic heterocycles. The Morgan fingerprint density at radius 1 is 1.09 bits per heavy atom. The van der Waals surface area contributed by atoms with E-state index in [4.69, 9.17) is 9.40 Å². The van der Waals surface area contributed by atoms with Crippen molar-refractivity contribution in [3.8, 4) is 11.5 Å². The molecule has 2 fully saturated rings. The van der Waals surface area contributed by atoms with E-state index in [0.717, 1.165) is 80.8 Å². The van der Waals surface area contributed by atoms with Gasteiger partial charge in [-0.15, -0.1) is 0 Å². The van der Waals surface area contributed by atoms with Gasteiger partial charge in [0.2, 0.25) is 11.8 Å². The summed E-state index contributed by atoms with van der Waals surface area (Å²) in [5.41, 5.74) is 3.22. The maximum Gasteiger partial charge on any atom is 0.226 e. The Morgan fingerprint density at radius 2 is 1.79 bits per heavy atom. The molecule has 1 aromatic carbocycles. The van der Waals surface area contributed by atoms with Crippen molar-refractivity contribution in [2.24, 2.45) is 17.8 Å². The van der Waals surface area contributed by atoms with Crippen LogP contribution in [-0.2, 0) is 11.3 Å². The molecule has 0 aliphatic carbocycles. The number of nitrogens with one attached hydrogen (secondary N) is 1. The molecule has 6 heteroatoms. The molecule has 2 saturated heterocycles. The van der Waals surface area contributed by atoms with Crippen molar-refractivity contribution in [2.75, 3.05) is 39.3 Å². The summed E-state index contributed by atoms with van der Waals surface area (Å²) >= 11 is 0. The van der Waals surface area contributed by atoms with E-state index in [-0.39, 0.29) is 11.8 Å². The molecule has 1 aromatic heterocycles. The molecule has 2 atom stereocenters. The van der Waals surface area contributed by atoms with Crippen LogP contribution in [0.25, 0.3) is 11.5 Å². The molecule has 34 heavy (non-hydrogen) atoms. The third kappa shape index (κ3) is 6.48. The van der Waals surface area contributed by atoms with E-state index in [1.165, 1.54) is 25.1 Å².